The first-order valence-electron chi connectivity index (χ1n) is 6.11. The first-order valence-corrected chi connectivity index (χ1v) is 6.90. The van der Waals surface area contributed by atoms with Gasteiger partial charge in [0.1, 0.15) is 16.3 Å². The molecule has 0 aliphatic rings. The number of H-pyrrole nitrogens is 1. The smallest absolute Gasteiger partial charge is 0.130 e. The molecular formula is C14H14ClFN2S. The third-order valence-electron chi connectivity index (χ3n) is 2.74. The summed E-state index contributed by atoms with van der Waals surface area (Å²) >= 11 is 11.2. The monoisotopic (exact) mass is 296 g/mol. The topological polar surface area (TPSA) is 28.7 Å². The van der Waals surface area contributed by atoms with Crippen molar-refractivity contribution in [3.8, 4) is 0 Å². The Hall–Kier alpha value is -1.26. The number of hydrogen-bond acceptors (Lipinski definition) is 2. The molecule has 0 unspecified atom stereocenters. The molecule has 19 heavy (non-hydrogen) atoms. The highest BCUT2D eigenvalue weighted by molar-refractivity contribution is 7.71. The molecule has 2 nitrogen and oxygen atoms in total. The van der Waals surface area contributed by atoms with E-state index in [2.05, 4.69) is 16.9 Å². The summed E-state index contributed by atoms with van der Waals surface area (Å²) < 4.78 is 13.6. The summed E-state index contributed by atoms with van der Waals surface area (Å²) in [6.45, 7) is 2.10. The Morgan fingerprint density at radius 1 is 1.37 bits per heavy atom. The number of hydrogen-bond donors (Lipinski definition) is 1. The van der Waals surface area contributed by atoms with Gasteiger partial charge in [0.05, 0.1) is 0 Å². The molecular weight excluding hydrogens is 283 g/mol. The van der Waals surface area contributed by atoms with Gasteiger partial charge in [0, 0.05) is 17.1 Å². The van der Waals surface area contributed by atoms with Gasteiger partial charge in [-0.2, -0.15) is 0 Å². The molecule has 1 aromatic heterocycles. The fraction of sp³-hybridized carbons (Fsp3) is 0.286. The van der Waals surface area contributed by atoms with E-state index < -0.39 is 0 Å². The first-order chi connectivity index (χ1) is 9.08. The van der Waals surface area contributed by atoms with Gasteiger partial charge in [0.25, 0.3) is 0 Å². The van der Waals surface area contributed by atoms with Gasteiger partial charge < -0.3 is 4.98 Å². The van der Waals surface area contributed by atoms with Gasteiger partial charge in [-0.15, -0.1) is 0 Å². The number of nitrogens with zero attached hydrogens (tertiary/aromatic N) is 1. The van der Waals surface area contributed by atoms with Crippen LogP contribution >= 0.6 is 23.8 Å². The molecule has 1 aromatic carbocycles. The Bertz CT molecular complexity index is 640. The van der Waals surface area contributed by atoms with Crippen molar-refractivity contribution in [3.63, 3.8) is 0 Å². The molecule has 0 aliphatic carbocycles. The van der Waals surface area contributed by atoms with Crippen molar-refractivity contribution in [2.24, 2.45) is 0 Å². The average molecular weight is 297 g/mol. The van der Waals surface area contributed by atoms with E-state index in [-0.39, 0.29) is 5.82 Å². The summed E-state index contributed by atoms with van der Waals surface area (Å²) in [4.78, 5) is 7.53. The maximum Gasteiger partial charge on any atom is 0.130 e. The number of aromatic amines is 1. The highest BCUT2D eigenvalue weighted by Gasteiger charge is 2.06. The minimum Gasteiger partial charge on any atom is -0.347 e. The van der Waals surface area contributed by atoms with Gasteiger partial charge in [-0.25, -0.2) is 9.37 Å². The number of rotatable bonds is 4. The molecule has 0 saturated carbocycles. The summed E-state index contributed by atoms with van der Waals surface area (Å²) in [7, 11) is 0. The number of nitrogens with one attached hydrogen (secondary N) is 1. The lowest BCUT2D eigenvalue weighted by molar-refractivity contribution is 0.627. The molecule has 5 heteroatoms. The van der Waals surface area contributed by atoms with Crippen LogP contribution in [0.1, 0.15) is 30.4 Å². The van der Waals surface area contributed by atoms with Crippen LogP contribution in [0.15, 0.2) is 24.3 Å². The largest absolute Gasteiger partial charge is 0.347 e. The molecule has 0 saturated heterocycles. The van der Waals surface area contributed by atoms with Crippen LogP contribution in [0, 0.1) is 10.5 Å². The normalized spacial score (nSPS) is 10.7. The molecule has 1 heterocycles. The molecule has 100 valence electrons. The van der Waals surface area contributed by atoms with Crippen LogP contribution < -0.4 is 0 Å². The minimum absolute atomic E-state index is 0.339. The molecule has 2 rings (SSSR count). The Kier molecular flexibility index (Phi) is 4.66. The Balaban J connectivity index is 2.30. The lowest BCUT2D eigenvalue weighted by Gasteiger charge is -2.07. The molecule has 0 fully saturated rings. The van der Waals surface area contributed by atoms with Gasteiger partial charge in [-0.05, 0) is 30.2 Å². The zero-order valence-electron chi connectivity index (χ0n) is 10.5. The number of halogens is 2. The van der Waals surface area contributed by atoms with Crippen LogP contribution in [0.5, 0.6) is 0 Å². The predicted molar refractivity (Wildman–Crippen MR) is 77.6 cm³/mol. The average Bonchev–Trinajstić information content (AvgIpc) is 2.32. The summed E-state index contributed by atoms with van der Waals surface area (Å²) in [5.41, 5.74) is 1.89. The van der Waals surface area contributed by atoms with Crippen molar-refractivity contribution in [1.82, 2.24) is 9.97 Å². The standard InChI is InChI=1S/C14H14ClFN2S/c1-2-3-11-8-14(19)18-13(17-11)6-9-4-5-10(16)7-12(9)15/h4-5,7-8H,2-3,6H2,1H3,(H,17,18,19). The van der Waals surface area contributed by atoms with E-state index in [0.29, 0.717) is 16.1 Å². The van der Waals surface area contributed by atoms with Crippen LogP contribution in [0.2, 0.25) is 5.02 Å². The quantitative estimate of drug-likeness (QED) is 0.843. The highest BCUT2D eigenvalue weighted by Crippen LogP contribution is 2.19. The molecule has 0 radical (unpaired) electrons. The Morgan fingerprint density at radius 2 is 2.16 bits per heavy atom. The van der Waals surface area contributed by atoms with E-state index in [4.69, 9.17) is 23.8 Å². The number of benzene rings is 1. The van der Waals surface area contributed by atoms with Crippen LogP contribution in [0.3, 0.4) is 0 Å². The molecule has 0 spiro atoms. The maximum atomic E-state index is 13.0. The third-order valence-corrected chi connectivity index (χ3v) is 3.30. The molecule has 0 atom stereocenters. The lowest BCUT2D eigenvalue weighted by Crippen LogP contribution is -2.01. The van der Waals surface area contributed by atoms with Crippen molar-refractivity contribution in [1.29, 1.82) is 0 Å². The number of aromatic nitrogens is 2. The fourth-order valence-corrected chi connectivity index (χ4v) is 2.38. The number of aryl methyl sites for hydroxylation is 1. The van der Waals surface area contributed by atoms with E-state index in [1.807, 2.05) is 6.07 Å². The van der Waals surface area contributed by atoms with Gasteiger partial charge in [0.2, 0.25) is 0 Å². The summed E-state index contributed by atoms with van der Waals surface area (Å²) in [5, 5.41) is 0.405. The van der Waals surface area contributed by atoms with Gasteiger partial charge >= 0.3 is 0 Å². The first kappa shape index (κ1) is 14.2. The van der Waals surface area contributed by atoms with Crippen LogP contribution in [0.4, 0.5) is 4.39 Å². The lowest BCUT2D eigenvalue weighted by atomic mass is 10.1. The van der Waals surface area contributed by atoms with Gasteiger partial charge in [0.15, 0.2) is 0 Å². The van der Waals surface area contributed by atoms with E-state index in [1.165, 1.54) is 12.1 Å². The van der Waals surface area contributed by atoms with Crippen molar-refractivity contribution < 1.29 is 4.39 Å². The van der Waals surface area contributed by atoms with Gasteiger partial charge in [-0.3, -0.25) is 0 Å². The van der Waals surface area contributed by atoms with Gasteiger partial charge in [-0.1, -0.05) is 43.2 Å². The second-order valence-electron chi connectivity index (χ2n) is 4.35. The second-order valence-corrected chi connectivity index (χ2v) is 5.18. The minimum atomic E-state index is -0.339. The summed E-state index contributed by atoms with van der Waals surface area (Å²) in [6.07, 6.45) is 2.47. The molecule has 1 N–H and O–H groups in total. The van der Waals surface area contributed by atoms with Crippen LogP contribution in [-0.2, 0) is 12.8 Å². The Morgan fingerprint density at radius 3 is 2.84 bits per heavy atom. The zero-order valence-corrected chi connectivity index (χ0v) is 12.1. The zero-order chi connectivity index (χ0) is 13.8. The van der Waals surface area contributed by atoms with Crippen molar-refractivity contribution in [3.05, 3.63) is 56.8 Å². The van der Waals surface area contributed by atoms with E-state index >= 15 is 0 Å². The summed E-state index contributed by atoms with van der Waals surface area (Å²) in [6, 6.07) is 6.24. The van der Waals surface area contributed by atoms with Crippen LogP contribution in [0.25, 0.3) is 0 Å². The maximum absolute atomic E-state index is 13.0. The van der Waals surface area contributed by atoms with E-state index in [1.54, 1.807) is 6.07 Å². The van der Waals surface area contributed by atoms with Crippen molar-refractivity contribution in [2.75, 3.05) is 0 Å². The van der Waals surface area contributed by atoms with Crippen LogP contribution in [-0.4, -0.2) is 9.97 Å². The summed E-state index contributed by atoms with van der Waals surface area (Å²) in [5.74, 6) is 0.416. The highest BCUT2D eigenvalue weighted by atomic mass is 35.5. The predicted octanol–water partition coefficient (Wildman–Crippen LogP) is 4.47. The Labute approximate surface area is 121 Å². The van der Waals surface area contributed by atoms with Crippen molar-refractivity contribution >= 4 is 23.8 Å². The van der Waals surface area contributed by atoms with E-state index in [0.717, 1.165) is 29.9 Å². The molecule has 0 amide bonds. The third kappa shape index (κ3) is 3.85. The SMILES string of the molecule is CCCc1cc(=S)nc(Cc2ccc(F)cc2Cl)[nH]1. The van der Waals surface area contributed by atoms with Crippen molar-refractivity contribution in [2.45, 2.75) is 26.2 Å². The second kappa shape index (κ2) is 6.26. The van der Waals surface area contributed by atoms with E-state index in [9.17, 15) is 4.39 Å². The molecule has 0 bridgehead atoms. The molecule has 2 aromatic rings. The molecule has 0 aliphatic heterocycles. The fourth-order valence-electron chi connectivity index (χ4n) is 1.90.